The summed E-state index contributed by atoms with van der Waals surface area (Å²) in [5.41, 5.74) is 6.09. The average Bonchev–Trinajstić information content (AvgIpc) is 2.41. The number of rotatable bonds is 3. The minimum Gasteiger partial charge on any atom is -0.497 e. The number of halogens is 1. The lowest BCUT2D eigenvalue weighted by atomic mass is 10.2. The number of aromatic nitrogens is 1. The molecule has 0 spiro atoms. The predicted octanol–water partition coefficient (Wildman–Crippen LogP) is 2.06. The minimum atomic E-state index is -0.557. The molecule has 1 aromatic carbocycles. The van der Waals surface area contributed by atoms with Crippen molar-refractivity contribution >= 4 is 17.3 Å². The Bertz CT molecular complexity index is 617. The fraction of sp³-hybridized carbons (Fsp3) is 0.0769. The van der Waals surface area contributed by atoms with Gasteiger partial charge in [-0.1, -0.05) is 0 Å². The summed E-state index contributed by atoms with van der Waals surface area (Å²) in [6, 6.07) is 7.03. The molecule has 0 radical (unpaired) electrons. The number of ether oxygens (including phenoxy) is 1. The van der Waals surface area contributed by atoms with Crippen LogP contribution in [-0.2, 0) is 0 Å². The molecule has 0 aliphatic carbocycles. The number of nitrogens with zero attached hydrogens (tertiary/aromatic N) is 1. The number of nitrogens with two attached hydrogens (primary N) is 1. The smallest absolute Gasteiger partial charge is 0.274 e. The standard InChI is InChI=1S/C13H12FN3O2/c1-19-9-2-3-10(14)11(7-9)17-13(18)12-6-8(15)4-5-16-12/h2-7H,1H3,(H2,15,16)(H,17,18). The second-order valence-corrected chi connectivity index (χ2v) is 3.77. The SMILES string of the molecule is COc1ccc(F)c(NC(=O)c2cc(N)ccn2)c1. The molecule has 0 atom stereocenters. The predicted molar refractivity (Wildman–Crippen MR) is 69.6 cm³/mol. The Kier molecular flexibility index (Phi) is 3.61. The maximum atomic E-state index is 13.5. The molecule has 0 unspecified atom stereocenters. The Morgan fingerprint density at radius 2 is 2.16 bits per heavy atom. The van der Waals surface area contributed by atoms with Gasteiger partial charge >= 0.3 is 0 Å². The average molecular weight is 261 g/mol. The highest BCUT2D eigenvalue weighted by Crippen LogP contribution is 2.21. The summed E-state index contributed by atoms with van der Waals surface area (Å²) in [4.78, 5) is 15.7. The van der Waals surface area contributed by atoms with Gasteiger partial charge in [0.15, 0.2) is 0 Å². The first-order valence-corrected chi connectivity index (χ1v) is 5.46. The van der Waals surface area contributed by atoms with Crippen LogP contribution in [-0.4, -0.2) is 18.0 Å². The zero-order valence-corrected chi connectivity index (χ0v) is 10.2. The molecule has 6 heteroatoms. The Hall–Kier alpha value is -2.63. The molecule has 1 heterocycles. The van der Waals surface area contributed by atoms with E-state index >= 15 is 0 Å². The molecule has 19 heavy (non-hydrogen) atoms. The van der Waals surface area contributed by atoms with Gasteiger partial charge in [-0.3, -0.25) is 9.78 Å². The van der Waals surface area contributed by atoms with Crippen LogP contribution in [0.3, 0.4) is 0 Å². The quantitative estimate of drug-likeness (QED) is 0.886. The van der Waals surface area contributed by atoms with Crippen LogP contribution in [0.4, 0.5) is 15.8 Å². The lowest BCUT2D eigenvalue weighted by Crippen LogP contribution is -2.14. The molecule has 0 saturated heterocycles. The van der Waals surface area contributed by atoms with Gasteiger partial charge in [-0.25, -0.2) is 4.39 Å². The largest absolute Gasteiger partial charge is 0.497 e. The Morgan fingerprint density at radius 3 is 2.84 bits per heavy atom. The number of benzene rings is 1. The van der Waals surface area contributed by atoms with Gasteiger partial charge < -0.3 is 15.8 Å². The number of pyridine rings is 1. The number of hydrogen-bond donors (Lipinski definition) is 2. The molecule has 2 aromatic rings. The van der Waals surface area contributed by atoms with Crippen LogP contribution in [0.25, 0.3) is 0 Å². The highest BCUT2D eigenvalue weighted by molar-refractivity contribution is 6.03. The molecule has 0 saturated carbocycles. The number of carbonyl (C=O) groups excluding carboxylic acids is 1. The van der Waals surface area contributed by atoms with Gasteiger partial charge in [0.1, 0.15) is 17.3 Å². The number of nitrogens with one attached hydrogen (secondary N) is 1. The molecule has 0 aliphatic rings. The summed E-state index contributed by atoms with van der Waals surface area (Å²) >= 11 is 0. The lowest BCUT2D eigenvalue weighted by molar-refractivity contribution is 0.102. The van der Waals surface area contributed by atoms with Crippen LogP contribution in [0.15, 0.2) is 36.5 Å². The number of anilines is 2. The van der Waals surface area contributed by atoms with Crippen LogP contribution in [0.5, 0.6) is 5.75 Å². The second-order valence-electron chi connectivity index (χ2n) is 3.77. The number of nitrogen functional groups attached to an aromatic ring is 1. The first kappa shape index (κ1) is 12.8. The Balaban J connectivity index is 2.23. The van der Waals surface area contributed by atoms with E-state index in [2.05, 4.69) is 10.3 Å². The highest BCUT2D eigenvalue weighted by atomic mass is 19.1. The fourth-order valence-corrected chi connectivity index (χ4v) is 1.48. The molecule has 1 aromatic heterocycles. The van der Waals surface area contributed by atoms with E-state index in [1.807, 2.05) is 0 Å². The van der Waals surface area contributed by atoms with Crippen molar-refractivity contribution in [1.82, 2.24) is 4.98 Å². The van der Waals surface area contributed by atoms with Crippen LogP contribution in [0.1, 0.15) is 10.5 Å². The first-order chi connectivity index (χ1) is 9.10. The molecular weight excluding hydrogens is 249 g/mol. The van der Waals surface area contributed by atoms with Gasteiger partial charge in [0, 0.05) is 18.0 Å². The van der Waals surface area contributed by atoms with Gasteiger partial charge in [0.2, 0.25) is 0 Å². The van der Waals surface area contributed by atoms with E-state index < -0.39 is 11.7 Å². The van der Waals surface area contributed by atoms with E-state index in [-0.39, 0.29) is 11.4 Å². The number of methoxy groups -OCH3 is 1. The molecule has 0 bridgehead atoms. The van der Waals surface area contributed by atoms with Crippen LogP contribution < -0.4 is 15.8 Å². The maximum Gasteiger partial charge on any atom is 0.274 e. The molecule has 0 aliphatic heterocycles. The van der Waals surface area contributed by atoms with E-state index in [0.717, 1.165) is 0 Å². The van der Waals surface area contributed by atoms with Gasteiger partial charge in [0.25, 0.3) is 5.91 Å². The highest BCUT2D eigenvalue weighted by Gasteiger charge is 2.11. The van der Waals surface area contributed by atoms with E-state index in [9.17, 15) is 9.18 Å². The Labute approximate surface area is 109 Å². The summed E-state index contributed by atoms with van der Waals surface area (Å²) in [6.07, 6.45) is 1.41. The van der Waals surface area contributed by atoms with Crippen molar-refractivity contribution < 1.29 is 13.9 Å². The number of carbonyl (C=O) groups is 1. The molecule has 5 nitrogen and oxygen atoms in total. The molecular formula is C13H12FN3O2. The zero-order chi connectivity index (χ0) is 13.8. The first-order valence-electron chi connectivity index (χ1n) is 5.46. The third-order valence-corrected chi connectivity index (χ3v) is 2.44. The third-order valence-electron chi connectivity index (χ3n) is 2.44. The van der Waals surface area contributed by atoms with Crippen molar-refractivity contribution in [1.29, 1.82) is 0 Å². The maximum absolute atomic E-state index is 13.5. The van der Waals surface area contributed by atoms with Crippen molar-refractivity contribution in [2.75, 3.05) is 18.2 Å². The zero-order valence-electron chi connectivity index (χ0n) is 10.2. The molecule has 1 amide bonds. The van der Waals surface area contributed by atoms with E-state index in [4.69, 9.17) is 10.5 Å². The summed E-state index contributed by atoms with van der Waals surface area (Å²) in [5, 5.41) is 2.42. The lowest BCUT2D eigenvalue weighted by Gasteiger charge is -2.08. The molecule has 3 N–H and O–H groups in total. The van der Waals surface area contributed by atoms with Gasteiger partial charge in [-0.2, -0.15) is 0 Å². The van der Waals surface area contributed by atoms with Gasteiger partial charge in [0.05, 0.1) is 12.8 Å². The number of hydrogen-bond acceptors (Lipinski definition) is 4. The van der Waals surface area contributed by atoms with Gasteiger partial charge in [-0.05, 0) is 24.3 Å². The van der Waals surface area contributed by atoms with Crippen molar-refractivity contribution in [3.05, 3.63) is 48.0 Å². The van der Waals surface area contributed by atoms with Crippen molar-refractivity contribution in [3.8, 4) is 5.75 Å². The topological polar surface area (TPSA) is 77.2 Å². The van der Waals surface area contributed by atoms with Gasteiger partial charge in [-0.15, -0.1) is 0 Å². The normalized spacial score (nSPS) is 10.0. The second kappa shape index (κ2) is 5.34. The van der Waals surface area contributed by atoms with Crippen molar-refractivity contribution in [2.24, 2.45) is 0 Å². The molecule has 0 fully saturated rings. The van der Waals surface area contributed by atoms with Crippen LogP contribution in [0, 0.1) is 5.82 Å². The fourth-order valence-electron chi connectivity index (χ4n) is 1.48. The number of amides is 1. The monoisotopic (exact) mass is 261 g/mol. The molecule has 2 rings (SSSR count). The third kappa shape index (κ3) is 2.98. The van der Waals surface area contributed by atoms with E-state index in [0.29, 0.717) is 11.4 Å². The van der Waals surface area contributed by atoms with Crippen LogP contribution in [0.2, 0.25) is 0 Å². The Morgan fingerprint density at radius 1 is 1.37 bits per heavy atom. The summed E-state index contributed by atoms with van der Waals surface area (Å²) < 4.78 is 18.5. The van der Waals surface area contributed by atoms with Crippen molar-refractivity contribution in [2.45, 2.75) is 0 Å². The minimum absolute atomic E-state index is 0.0218. The van der Waals surface area contributed by atoms with E-state index in [1.165, 1.54) is 37.6 Å². The molecule has 98 valence electrons. The van der Waals surface area contributed by atoms with Crippen LogP contribution >= 0.6 is 0 Å². The summed E-state index contributed by atoms with van der Waals surface area (Å²) in [7, 11) is 1.46. The summed E-state index contributed by atoms with van der Waals surface area (Å²) in [6.45, 7) is 0. The van der Waals surface area contributed by atoms with Crippen molar-refractivity contribution in [3.63, 3.8) is 0 Å². The summed E-state index contributed by atoms with van der Waals surface area (Å²) in [5.74, 6) is -0.658. The van der Waals surface area contributed by atoms with E-state index in [1.54, 1.807) is 6.07 Å².